The second-order valence-electron chi connectivity index (χ2n) is 10.0. The smallest absolute Gasteiger partial charge is 0.227 e. The lowest BCUT2D eigenvalue weighted by Gasteiger charge is -2.26. The van der Waals surface area contributed by atoms with Crippen molar-refractivity contribution in [2.75, 3.05) is 20.3 Å². The quantitative estimate of drug-likeness (QED) is 0.337. The summed E-state index contributed by atoms with van der Waals surface area (Å²) in [5.41, 5.74) is 2.95. The number of aliphatic hydroxyl groups is 1. The normalized spacial score (nSPS) is 14.6. The van der Waals surface area contributed by atoms with Crippen LogP contribution in [0.5, 0.6) is 17.4 Å². The molecule has 0 aliphatic heterocycles. The number of aliphatic hydroxyl groups excluding tert-OH is 1. The summed E-state index contributed by atoms with van der Waals surface area (Å²) in [7, 11) is 1.66. The summed E-state index contributed by atoms with van der Waals surface area (Å²) >= 11 is 0. The fourth-order valence-electron chi connectivity index (χ4n) is 4.28. The number of hydrogen-bond donors (Lipinski definition) is 1. The van der Waals surface area contributed by atoms with Crippen LogP contribution in [-0.4, -0.2) is 58.3 Å². The van der Waals surface area contributed by atoms with Crippen molar-refractivity contribution in [1.29, 1.82) is 0 Å². The number of nitrogens with zero attached hydrogens (tertiary/aromatic N) is 3. The van der Waals surface area contributed by atoms with Crippen molar-refractivity contribution in [3.63, 3.8) is 0 Å². The Hall–Kier alpha value is -2.87. The molecule has 194 valence electrons. The SMILES string of the molecule is COc1ccc(-n2nc(C(C)C)c(CN(CC(O)COC(C)C)C3CC3)c2Oc2ccccc2)cc1. The summed E-state index contributed by atoms with van der Waals surface area (Å²) in [6.07, 6.45) is 1.81. The summed E-state index contributed by atoms with van der Waals surface area (Å²) in [5, 5.41) is 15.7. The molecule has 0 amide bonds. The third kappa shape index (κ3) is 6.66. The molecule has 1 fully saturated rings. The topological polar surface area (TPSA) is 69.0 Å². The first-order valence-corrected chi connectivity index (χ1v) is 12.9. The molecule has 0 saturated heterocycles. The summed E-state index contributed by atoms with van der Waals surface area (Å²) in [4.78, 5) is 2.35. The van der Waals surface area contributed by atoms with Crippen LogP contribution in [0, 0.1) is 0 Å². The number of benzene rings is 2. The van der Waals surface area contributed by atoms with Gasteiger partial charge in [0, 0.05) is 19.1 Å². The van der Waals surface area contributed by atoms with Crippen molar-refractivity contribution in [3.8, 4) is 23.1 Å². The van der Waals surface area contributed by atoms with Crippen LogP contribution in [0.1, 0.15) is 57.7 Å². The predicted octanol–water partition coefficient (Wildman–Crippen LogP) is 5.55. The molecule has 1 aromatic heterocycles. The Labute approximate surface area is 214 Å². The Bertz CT molecular complexity index is 1090. The van der Waals surface area contributed by atoms with Crippen molar-refractivity contribution < 1.29 is 19.3 Å². The maximum atomic E-state index is 10.7. The molecule has 1 aliphatic rings. The van der Waals surface area contributed by atoms with Gasteiger partial charge < -0.3 is 19.3 Å². The van der Waals surface area contributed by atoms with Gasteiger partial charge in [0.25, 0.3) is 0 Å². The number of methoxy groups -OCH3 is 1. The molecule has 0 bridgehead atoms. The first kappa shape index (κ1) is 26.2. The van der Waals surface area contributed by atoms with Crippen molar-refractivity contribution in [2.24, 2.45) is 0 Å². The van der Waals surface area contributed by atoms with Crippen LogP contribution in [-0.2, 0) is 11.3 Å². The first-order valence-electron chi connectivity index (χ1n) is 12.9. The van der Waals surface area contributed by atoms with Gasteiger partial charge in [-0.3, -0.25) is 4.90 Å². The minimum atomic E-state index is -0.550. The third-order valence-corrected chi connectivity index (χ3v) is 6.28. The zero-order valence-electron chi connectivity index (χ0n) is 22.1. The zero-order chi connectivity index (χ0) is 25.7. The molecular weight excluding hydrogens is 454 g/mol. The molecule has 7 heteroatoms. The predicted molar refractivity (Wildman–Crippen MR) is 141 cm³/mol. The maximum Gasteiger partial charge on any atom is 0.227 e. The molecule has 1 heterocycles. The van der Waals surface area contributed by atoms with E-state index in [0.717, 1.165) is 41.3 Å². The van der Waals surface area contributed by atoms with Gasteiger partial charge in [0.2, 0.25) is 5.88 Å². The van der Waals surface area contributed by atoms with Gasteiger partial charge in [-0.2, -0.15) is 5.10 Å². The van der Waals surface area contributed by atoms with Gasteiger partial charge in [0.1, 0.15) is 11.5 Å². The molecule has 36 heavy (non-hydrogen) atoms. The number of aromatic nitrogens is 2. The molecule has 1 N–H and O–H groups in total. The number of rotatable bonds is 13. The standard InChI is InChI=1S/C29H39N3O4/c1-20(2)28-27(18-31(22-11-12-22)17-24(33)19-35-21(3)4)29(36-26-9-7-6-8-10-26)32(30-28)23-13-15-25(34-5)16-14-23/h6-10,13-16,20-22,24,33H,11-12,17-19H2,1-5H3. The molecule has 4 rings (SSSR count). The average molecular weight is 494 g/mol. The molecule has 1 unspecified atom stereocenters. The van der Waals surface area contributed by atoms with Crippen LogP contribution in [0.4, 0.5) is 0 Å². The van der Waals surface area contributed by atoms with E-state index in [1.807, 2.05) is 73.1 Å². The maximum absolute atomic E-state index is 10.7. The van der Waals surface area contributed by atoms with Crippen molar-refractivity contribution >= 4 is 0 Å². The van der Waals surface area contributed by atoms with Gasteiger partial charge in [0.15, 0.2) is 0 Å². The zero-order valence-corrected chi connectivity index (χ0v) is 22.1. The van der Waals surface area contributed by atoms with Crippen LogP contribution in [0.25, 0.3) is 5.69 Å². The van der Waals surface area contributed by atoms with Gasteiger partial charge in [-0.05, 0) is 69.0 Å². The van der Waals surface area contributed by atoms with Crippen LogP contribution in [0.3, 0.4) is 0 Å². The highest BCUT2D eigenvalue weighted by molar-refractivity contribution is 5.46. The van der Waals surface area contributed by atoms with E-state index in [9.17, 15) is 5.11 Å². The molecule has 1 atom stereocenters. The highest BCUT2D eigenvalue weighted by Crippen LogP contribution is 2.37. The molecule has 3 aromatic rings. The Kier molecular flexibility index (Phi) is 8.67. The van der Waals surface area contributed by atoms with Gasteiger partial charge in [-0.15, -0.1) is 0 Å². The Balaban J connectivity index is 1.71. The van der Waals surface area contributed by atoms with E-state index in [-0.39, 0.29) is 12.0 Å². The monoisotopic (exact) mass is 493 g/mol. The molecule has 0 radical (unpaired) electrons. The van der Waals surface area contributed by atoms with Crippen molar-refractivity contribution in [2.45, 2.75) is 71.2 Å². The van der Waals surface area contributed by atoms with Gasteiger partial charge in [-0.25, -0.2) is 4.68 Å². The average Bonchev–Trinajstić information content (AvgIpc) is 3.66. The number of para-hydroxylation sites is 1. The van der Waals surface area contributed by atoms with Crippen LogP contribution < -0.4 is 9.47 Å². The summed E-state index contributed by atoms with van der Waals surface area (Å²) < 4.78 is 19.4. The lowest BCUT2D eigenvalue weighted by molar-refractivity contribution is -0.0108. The summed E-state index contributed by atoms with van der Waals surface area (Å²) in [6, 6.07) is 18.1. The molecule has 1 saturated carbocycles. The fourth-order valence-corrected chi connectivity index (χ4v) is 4.28. The van der Waals surface area contributed by atoms with E-state index in [2.05, 4.69) is 18.7 Å². The van der Waals surface area contributed by atoms with Crippen LogP contribution >= 0.6 is 0 Å². The lowest BCUT2D eigenvalue weighted by Crippen LogP contribution is -2.36. The van der Waals surface area contributed by atoms with E-state index >= 15 is 0 Å². The minimum absolute atomic E-state index is 0.0928. The van der Waals surface area contributed by atoms with Gasteiger partial charge in [0.05, 0.1) is 42.9 Å². The van der Waals surface area contributed by atoms with Crippen LogP contribution in [0.2, 0.25) is 0 Å². The second-order valence-corrected chi connectivity index (χ2v) is 10.0. The first-order chi connectivity index (χ1) is 17.4. The number of ether oxygens (including phenoxy) is 3. The van der Waals surface area contributed by atoms with E-state index in [1.165, 1.54) is 0 Å². The highest BCUT2D eigenvalue weighted by atomic mass is 16.5. The van der Waals surface area contributed by atoms with E-state index < -0.39 is 6.10 Å². The lowest BCUT2D eigenvalue weighted by atomic mass is 10.1. The number of hydrogen-bond acceptors (Lipinski definition) is 6. The molecular formula is C29H39N3O4. The molecule has 2 aromatic carbocycles. The van der Waals surface area contributed by atoms with Gasteiger partial charge in [-0.1, -0.05) is 32.0 Å². The fraction of sp³-hybridized carbons (Fsp3) is 0.483. The van der Waals surface area contributed by atoms with Crippen LogP contribution in [0.15, 0.2) is 54.6 Å². The Morgan fingerprint density at radius 2 is 1.69 bits per heavy atom. The third-order valence-electron chi connectivity index (χ3n) is 6.28. The van der Waals surface area contributed by atoms with E-state index in [0.29, 0.717) is 31.6 Å². The van der Waals surface area contributed by atoms with Crippen molar-refractivity contribution in [3.05, 3.63) is 65.9 Å². The van der Waals surface area contributed by atoms with E-state index in [4.69, 9.17) is 19.3 Å². The Morgan fingerprint density at radius 1 is 1.00 bits per heavy atom. The molecule has 7 nitrogen and oxygen atoms in total. The highest BCUT2D eigenvalue weighted by Gasteiger charge is 2.33. The summed E-state index contributed by atoms with van der Waals surface area (Å²) in [5.74, 6) is 2.45. The molecule has 0 spiro atoms. The van der Waals surface area contributed by atoms with Gasteiger partial charge >= 0.3 is 0 Å². The molecule has 1 aliphatic carbocycles. The Morgan fingerprint density at radius 3 is 2.28 bits per heavy atom. The second kappa shape index (κ2) is 11.9. The summed E-state index contributed by atoms with van der Waals surface area (Å²) in [6.45, 7) is 9.81. The van der Waals surface area contributed by atoms with E-state index in [1.54, 1.807) is 7.11 Å². The largest absolute Gasteiger partial charge is 0.497 e. The van der Waals surface area contributed by atoms with Crippen molar-refractivity contribution in [1.82, 2.24) is 14.7 Å². The minimum Gasteiger partial charge on any atom is -0.497 e.